The van der Waals surface area contributed by atoms with Crippen molar-refractivity contribution in [3.05, 3.63) is 27.1 Å². The van der Waals surface area contributed by atoms with Crippen LogP contribution in [0.25, 0.3) is 0 Å². The lowest BCUT2D eigenvalue weighted by Gasteiger charge is -2.21. The van der Waals surface area contributed by atoms with Gasteiger partial charge in [0, 0.05) is 15.5 Å². The largest absolute Gasteiger partial charge is 0.480 e. The molecule has 0 saturated heterocycles. The van der Waals surface area contributed by atoms with Gasteiger partial charge in [-0.1, -0.05) is 15.9 Å². The Balaban J connectivity index is 2.04. The number of halogens is 2. The number of aliphatic carboxylic acids is 1. The molecule has 0 radical (unpaired) electrons. The molecule has 2 N–H and O–H groups in total. The van der Waals surface area contributed by atoms with Gasteiger partial charge in [-0.05, 0) is 52.9 Å². The second kappa shape index (κ2) is 6.58. The number of benzene rings is 1. The maximum absolute atomic E-state index is 12.2. The van der Waals surface area contributed by atoms with Crippen LogP contribution in [0.15, 0.2) is 27.1 Å². The van der Waals surface area contributed by atoms with Crippen molar-refractivity contribution in [2.75, 3.05) is 18.4 Å². The van der Waals surface area contributed by atoms with E-state index >= 15 is 0 Å². The lowest BCUT2D eigenvalue weighted by molar-refractivity contribution is -0.137. The fraction of sp³-hybridized carbons (Fsp3) is 0.385. The molecule has 20 heavy (non-hydrogen) atoms. The molecule has 7 heteroatoms. The predicted octanol–water partition coefficient (Wildman–Crippen LogP) is 3.54. The molecule has 0 unspecified atom stereocenters. The van der Waals surface area contributed by atoms with Crippen molar-refractivity contribution >= 4 is 49.5 Å². The van der Waals surface area contributed by atoms with Crippen LogP contribution >= 0.6 is 31.9 Å². The summed E-state index contributed by atoms with van der Waals surface area (Å²) in [5.74, 6) is -0.566. The summed E-state index contributed by atoms with van der Waals surface area (Å²) >= 11 is 6.69. The summed E-state index contributed by atoms with van der Waals surface area (Å²) in [6.45, 7) is 0.211. The van der Waals surface area contributed by atoms with E-state index in [1.807, 2.05) is 12.1 Å². The zero-order valence-corrected chi connectivity index (χ0v) is 13.8. The summed E-state index contributed by atoms with van der Waals surface area (Å²) in [5.41, 5.74) is 0.615. The van der Waals surface area contributed by atoms with E-state index in [2.05, 4.69) is 37.2 Å². The van der Waals surface area contributed by atoms with Crippen LogP contribution < -0.4 is 5.32 Å². The van der Waals surface area contributed by atoms with Crippen LogP contribution in [-0.2, 0) is 4.79 Å². The van der Waals surface area contributed by atoms with Crippen molar-refractivity contribution in [2.45, 2.75) is 12.8 Å². The third kappa shape index (κ3) is 4.49. The highest BCUT2D eigenvalue weighted by atomic mass is 79.9. The second-order valence-electron chi connectivity index (χ2n) is 4.77. The van der Waals surface area contributed by atoms with E-state index in [-0.39, 0.29) is 12.6 Å². The zero-order valence-electron chi connectivity index (χ0n) is 10.6. The van der Waals surface area contributed by atoms with Gasteiger partial charge in [-0.15, -0.1) is 0 Å². The normalized spacial score (nSPS) is 13.9. The third-order valence-electron chi connectivity index (χ3n) is 2.96. The average Bonchev–Trinajstić information content (AvgIpc) is 3.15. The molecule has 0 bridgehead atoms. The molecule has 0 heterocycles. The summed E-state index contributed by atoms with van der Waals surface area (Å²) in [5, 5.41) is 11.6. The van der Waals surface area contributed by atoms with Crippen LogP contribution in [-0.4, -0.2) is 35.1 Å². The molecule has 1 aromatic rings. The first-order valence-electron chi connectivity index (χ1n) is 6.18. The highest BCUT2D eigenvalue weighted by Gasteiger charge is 2.28. The van der Waals surface area contributed by atoms with Crippen molar-refractivity contribution in [3.8, 4) is 0 Å². The van der Waals surface area contributed by atoms with Gasteiger partial charge in [0.1, 0.15) is 6.54 Å². The minimum absolute atomic E-state index is 0.281. The molecule has 5 nitrogen and oxygen atoms in total. The van der Waals surface area contributed by atoms with E-state index in [0.29, 0.717) is 18.2 Å². The number of amides is 2. The summed E-state index contributed by atoms with van der Waals surface area (Å²) in [6, 6.07) is 4.99. The Morgan fingerprint density at radius 1 is 1.35 bits per heavy atom. The van der Waals surface area contributed by atoms with Crippen LogP contribution in [0.1, 0.15) is 12.8 Å². The molecule has 0 aromatic heterocycles. The van der Waals surface area contributed by atoms with E-state index in [1.165, 1.54) is 4.90 Å². The standard InChI is InChI=1S/C13H14Br2N2O3/c14-9-3-4-11(10(15)5-9)16-13(20)17(7-12(18)19)6-8-1-2-8/h3-5,8H,1-2,6-7H2,(H,16,20)(H,18,19). The molecular weight excluding hydrogens is 392 g/mol. The van der Waals surface area contributed by atoms with Gasteiger partial charge in [-0.2, -0.15) is 0 Å². The van der Waals surface area contributed by atoms with Gasteiger partial charge < -0.3 is 15.3 Å². The molecule has 1 saturated carbocycles. The molecular formula is C13H14Br2N2O3. The Kier molecular flexibility index (Phi) is 5.04. The van der Waals surface area contributed by atoms with E-state index in [1.54, 1.807) is 6.07 Å². The number of carboxylic acids is 1. The van der Waals surface area contributed by atoms with Crippen molar-refractivity contribution in [1.29, 1.82) is 0 Å². The zero-order chi connectivity index (χ0) is 14.7. The molecule has 0 spiro atoms. The first kappa shape index (κ1) is 15.3. The summed E-state index contributed by atoms with van der Waals surface area (Å²) in [6.07, 6.45) is 2.12. The summed E-state index contributed by atoms with van der Waals surface area (Å²) in [7, 11) is 0. The first-order chi connectivity index (χ1) is 9.45. The van der Waals surface area contributed by atoms with Crippen molar-refractivity contribution in [2.24, 2.45) is 5.92 Å². The van der Waals surface area contributed by atoms with Crippen molar-refractivity contribution in [3.63, 3.8) is 0 Å². The number of anilines is 1. The van der Waals surface area contributed by atoms with Gasteiger partial charge in [-0.25, -0.2) is 4.79 Å². The summed E-state index contributed by atoms with van der Waals surface area (Å²) < 4.78 is 1.63. The number of carbonyl (C=O) groups excluding carboxylic acids is 1. The quantitative estimate of drug-likeness (QED) is 0.786. The third-order valence-corrected chi connectivity index (χ3v) is 4.11. The number of hydrogen-bond donors (Lipinski definition) is 2. The van der Waals surface area contributed by atoms with Gasteiger partial charge >= 0.3 is 12.0 Å². The Morgan fingerprint density at radius 2 is 2.05 bits per heavy atom. The minimum atomic E-state index is -1.00. The number of nitrogens with one attached hydrogen (secondary N) is 1. The molecule has 2 amide bonds. The molecule has 1 aliphatic rings. The molecule has 0 aliphatic heterocycles. The van der Waals surface area contributed by atoms with Crippen molar-refractivity contribution < 1.29 is 14.7 Å². The Hall–Kier alpha value is -1.08. The number of carboxylic acid groups (broad SMARTS) is 1. The van der Waals surface area contributed by atoms with Crippen LogP contribution in [0.5, 0.6) is 0 Å². The molecule has 108 valence electrons. The number of carbonyl (C=O) groups is 2. The van der Waals surface area contributed by atoms with Crippen LogP contribution in [0, 0.1) is 5.92 Å². The van der Waals surface area contributed by atoms with Crippen LogP contribution in [0.3, 0.4) is 0 Å². The maximum Gasteiger partial charge on any atom is 0.323 e. The Bertz CT molecular complexity index is 532. The molecule has 0 atom stereocenters. The topological polar surface area (TPSA) is 69.6 Å². The van der Waals surface area contributed by atoms with Crippen LogP contribution in [0.4, 0.5) is 10.5 Å². The molecule has 1 aromatic carbocycles. The van der Waals surface area contributed by atoms with Crippen LogP contribution in [0.2, 0.25) is 0 Å². The number of hydrogen-bond acceptors (Lipinski definition) is 2. The molecule has 1 fully saturated rings. The second-order valence-corrected chi connectivity index (χ2v) is 6.54. The maximum atomic E-state index is 12.2. The lowest BCUT2D eigenvalue weighted by atomic mass is 10.3. The van der Waals surface area contributed by atoms with Gasteiger partial charge in [0.15, 0.2) is 0 Å². The monoisotopic (exact) mass is 404 g/mol. The Morgan fingerprint density at radius 3 is 2.60 bits per heavy atom. The minimum Gasteiger partial charge on any atom is -0.480 e. The lowest BCUT2D eigenvalue weighted by Crippen LogP contribution is -2.40. The highest BCUT2D eigenvalue weighted by Crippen LogP contribution is 2.30. The number of nitrogens with zero attached hydrogens (tertiary/aromatic N) is 1. The van der Waals surface area contributed by atoms with Gasteiger partial charge in [0.2, 0.25) is 0 Å². The van der Waals surface area contributed by atoms with E-state index in [9.17, 15) is 9.59 Å². The predicted molar refractivity (Wildman–Crippen MR) is 82.8 cm³/mol. The van der Waals surface area contributed by atoms with Gasteiger partial charge in [0.05, 0.1) is 5.69 Å². The smallest absolute Gasteiger partial charge is 0.323 e. The Labute approximate surface area is 133 Å². The summed E-state index contributed by atoms with van der Waals surface area (Å²) in [4.78, 5) is 24.4. The fourth-order valence-corrected chi connectivity index (χ4v) is 2.93. The van der Waals surface area contributed by atoms with Gasteiger partial charge in [-0.3, -0.25) is 4.79 Å². The first-order valence-corrected chi connectivity index (χ1v) is 7.77. The van der Waals surface area contributed by atoms with E-state index < -0.39 is 5.97 Å². The van der Waals surface area contributed by atoms with E-state index in [4.69, 9.17) is 5.11 Å². The van der Waals surface area contributed by atoms with Gasteiger partial charge in [0.25, 0.3) is 0 Å². The van der Waals surface area contributed by atoms with E-state index in [0.717, 1.165) is 21.8 Å². The SMILES string of the molecule is O=C(O)CN(CC1CC1)C(=O)Nc1ccc(Br)cc1Br. The number of rotatable bonds is 5. The van der Waals surface area contributed by atoms with Crippen molar-refractivity contribution in [1.82, 2.24) is 4.90 Å². The molecule has 2 rings (SSSR count). The number of urea groups is 1. The highest BCUT2D eigenvalue weighted by molar-refractivity contribution is 9.11. The fourth-order valence-electron chi connectivity index (χ4n) is 1.78. The average molecular weight is 406 g/mol. The molecule has 1 aliphatic carbocycles.